The maximum absolute atomic E-state index is 11.6. The molecule has 1 fully saturated rings. The van der Waals surface area contributed by atoms with Crippen LogP contribution in [0.4, 0.5) is 4.79 Å². The topological polar surface area (TPSA) is 97.3 Å². The summed E-state index contributed by atoms with van der Waals surface area (Å²) >= 11 is 1.66. The van der Waals surface area contributed by atoms with E-state index >= 15 is 0 Å². The van der Waals surface area contributed by atoms with E-state index in [1.54, 1.807) is 11.8 Å². The van der Waals surface area contributed by atoms with Gasteiger partial charge in [0.05, 0.1) is 25.4 Å². The molecule has 1 heterocycles. The molecule has 8 heteroatoms. The van der Waals surface area contributed by atoms with Gasteiger partial charge in [-0.3, -0.25) is 0 Å². The highest BCUT2D eigenvalue weighted by Crippen LogP contribution is 2.42. The quantitative estimate of drug-likeness (QED) is 0.324. The largest absolute Gasteiger partial charge is 0.445 e. The number of nitrogens with one attached hydrogen (secondary N) is 1. The van der Waals surface area contributed by atoms with Crippen molar-refractivity contribution in [3.05, 3.63) is 83.4 Å². The first kappa shape index (κ1) is 26.2. The minimum absolute atomic E-state index is 0.000697. The van der Waals surface area contributed by atoms with Gasteiger partial charge in [0, 0.05) is 29.5 Å². The molecule has 2 aromatic carbocycles. The zero-order valence-corrected chi connectivity index (χ0v) is 20.2. The van der Waals surface area contributed by atoms with Gasteiger partial charge in [0.2, 0.25) is 0 Å². The molecular weight excluding hydrogens is 454 g/mol. The Balaban J connectivity index is 1.72. The van der Waals surface area contributed by atoms with Gasteiger partial charge in [-0.05, 0) is 16.7 Å². The first-order valence-corrected chi connectivity index (χ1v) is 12.5. The number of thioether (sulfide) groups is 1. The molecule has 0 spiro atoms. The number of alkyl carbamates (subject to hydrolysis) is 1. The molecule has 34 heavy (non-hydrogen) atoms. The molecule has 2 aromatic rings. The van der Waals surface area contributed by atoms with Gasteiger partial charge in [-0.2, -0.15) is 11.8 Å². The lowest BCUT2D eigenvalue weighted by molar-refractivity contribution is -0.268. The van der Waals surface area contributed by atoms with E-state index in [0.717, 1.165) is 28.0 Å². The number of hydrogen-bond donors (Lipinski definition) is 3. The highest BCUT2D eigenvalue weighted by molar-refractivity contribution is 7.99. The van der Waals surface area contributed by atoms with Gasteiger partial charge in [0.1, 0.15) is 6.61 Å². The molecule has 0 radical (unpaired) electrons. The van der Waals surface area contributed by atoms with Crippen LogP contribution < -0.4 is 5.32 Å². The third-order valence-electron chi connectivity index (χ3n) is 5.66. The molecule has 1 amide bonds. The fourth-order valence-electron chi connectivity index (χ4n) is 3.73. The molecule has 7 nitrogen and oxygen atoms in total. The van der Waals surface area contributed by atoms with Crippen LogP contribution in [0.25, 0.3) is 0 Å². The van der Waals surface area contributed by atoms with Gasteiger partial charge in [-0.25, -0.2) is 4.79 Å². The molecule has 1 saturated heterocycles. The van der Waals surface area contributed by atoms with E-state index in [0.29, 0.717) is 12.3 Å². The third kappa shape index (κ3) is 7.32. The van der Waals surface area contributed by atoms with E-state index < -0.39 is 12.4 Å². The van der Waals surface area contributed by atoms with Gasteiger partial charge in [-0.15, -0.1) is 0 Å². The van der Waals surface area contributed by atoms with Crippen molar-refractivity contribution >= 4 is 17.9 Å². The fraction of sp³-hybridized carbons (Fsp3) is 0.423. The molecular formula is C26H33NO6S. The van der Waals surface area contributed by atoms with Crippen LogP contribution in [0, 0.1) is 5.92 Å². The first-order valence-electron chi connectivity index (χ1n) is 11.3. The Morgan fingerprint density at radius 1 is 1.09 bits per heavy atom. The van der Waals surface area contributed by atoms with E-state index in [1.165, 1.54) is 6.08 Å². The molecule has 4 atom stereocenters. The zero-order chi connectivity index (χ0) is 24.3. The predicted molar refractivity (Wildman–Crippen MR) is 132 cm³/mol. The number of rotatable bonds is 11. The van der Waals surface area contributed by atoms with Gasteiger partial charge in [0.15, 0.2) is 6.29 Å². The summed E-state index contributed by atoms with van der Waals surface area (Å²) in [5, 5.41) is 21.2. The van der Waals surface area contributed by atoms with Crippen molar-refractivity contribution in [2.24, 2.45) is 5.92 Å². The molecule has 0 bridgehead atoms. The van der Waals surface area contributed by atoms with E-state index in [1.807, 2.05) is 48.5 Å². The predicted octanol–water partition coefficient (Wildman–Crippen LogP) is 4.11. The highest BCUT2D eigenvalue weighted by Gasteiger charge is 2.38. The molecule has 3 N–H and O–H groups in total. The van der Waals surface area contributed by atoms with Crippen molar-refractivity contribution in [1.82, 2.24) is 5.32 Å². The summed E-state index contributed by atoms with van der Waals surface area (Å²) in [5.41, 5.74) is 3.70. The van der Waals surface area contributed by atoms with Crippen molar-refractivity contribution in [2.75, 3.05) is 24.7 Å². The van der Waals surface area contributed by atoms with Gasteiger partial charge < -0.3 is 29.7 Å². The maximum atomic E-state index is 11.6. The van der Waals surface area contributed by atoms with E-state index in [-0.39, 0.29) is 37.9 Å². The monoisotopic (exact) mass is 487 g/mol. The van der Waals surface area contributed by atoms with Crippen molar-refractivity contribution in [3.8, 4) is 0 Å². The zero-order valence-electron chi connectivity index (χ0n) is 19.4. The molecule has 0 aromatic heterocycles. The first-order chi connectivity index (χ1) is 16.5. The van der Waals surface area contributed by atoms with Gasteiger partial charge >= 0.3 is 6.09 Å². The normalized spacial score (nSPS) is 22.2. The second-order valence-electron chi connectivity index (χ2n) is 8.10. The van der Waals surface area contributed by atoms with Crippen LogP contribution in [0.5, 0.6) is 0 Å². The second-order valence-corrected chi connectivity index (χ2v) is 9.25. The fourth-order valence-corrected chi connectivity index (χ4v) is 4.64. The van der Waals surface area contributed by atoms with Crippen molar-refractivity contribution in [1.29, 1.82) is 0 Å². The lowest BCUT2D eigenvalue weighted by atomic mass is 9.91. The van der Waals surface area contributed by atoms with E-state index in [4.69, 9.17) is 14.2 Å². The lowest BCUT2D eigenvalue weighted by Gasteiger charge is -2.41. The average Bonchev–Trinajstić information content (AvgIpc) is 2.87. The van der Waals surface area contributed by atoms with Crippen LogP contribution in [0.2, 0.25) is 0 Å². The minimum Gasteiger partial charge on any atom is -0.445 e. The summed E-state index contributed by atoms with van der Waals surface area (Å²) in [4.78, 5) is 11.6. The van der Waals surface area contributed by atoms with E-state index in [9.17, 15) is 15.0 Å². The Labute approximate surface area is 205 Å². The molecule has 184 valence electrons. The summed E-state index contributed by atoms with van der Waals surface area (Å²) in [6, 6.07) is 15.5. The maximum Gasteiger partial charge on any atom is 0.407 e. The van der Waals surface area contributed by atoms with Gasteiger partial charge in [-0.1, -0.05) is 68.1 Å². The Bertz CT molecular complexity index is 905. The SMILES string of the molecule is C=CCOC(=O)NCc1ccc([C@@H]2O[C@H](CSCCO)[C@H](C)[C@H](c3ccc(CO)cc3)O2)cc1. The van der Waals surface area contributed by atoms with Crippen molar-refractivity contribution in [3.63, 3.8) is 0 Å². The Hall–Kier alpha value is -2.36. The van der Waals surface area contributed by atoms with Gasteiger partial charge in [0.25, 0.3) is 0 Å². The summed E-state index contributed by atoms with van der Waals surface area (Å²) < 4.78 is 17.7. The Kier molecular flexibility index (Phi) is 10.4. The molecule has 3 rings (SSSR count). The Morgan fingerprint density at radius 3 is 2.41 bits per heavy atom. The second kappa shape index (κ2) is 13.5. The number of benzene rings is 2. The summed E-state index contributed by atoms with van der Waals surface area (Å²) in [7, 11) is 0. The van der Waals surface area contributed by atoms with Crippen LogP contribution >= 0.6 is 11.8 Å². The third-order valence-corrected chi connectivity index (χ3v) is 6.70. The number of hydrogen-bond acceptors (Lipinski definition) is 7. The number of amides is 1. The van der Waals surface area contributed by atoms with Crippen LogP contribution in [-0.4, -0.2) is 47.1 Å². The molecule has 0 saturated carbocycles. The molecule has 1 aliphatic heterocycles. The summed E-state index contributed by atoms with van der Waals surface area (Å²) in [6.45, 7) is 6.28. The number of carbonyl (C=O) groups excluding carboxylic acids is 1. The van der Waals surface area contributed by atoms with Crippen LogP contribution in [0.1, 0.15) is 41.6 Å². The number of aliphatic hydroxyl groups excluding tert-OH is 2. The van der Waals surface area contributed by atoms with Crippen LogP contribution in [-0.2, 0) is 27.4 Å². The standard InChI is InChI=1S/C26H33NO6S/c1-3-13-31-26(30)27-15-19-4-10-22(11-5-19)25-32-23(17-34-14-12-28)18(2)24(33-25)21-8-6-20(16-29)7-9-21/h3-11,18,23-25,28-29H,1,12-17H2,2H3,(H,27,30)/t18-,23+,24+,25+/m0/s1. The van der Waals surface area contributed by atoms with Crippen LogP contribution in [0.3, 0.4) is 0 Å². The molecule has 0 aliphatic carbocycles. The lowest BCUT2D eigenvalue weighted by Crippen LogP contribution is -2.38. The summed E-state index contributed by atoms with van der Waals surface area (Å²) in [6.07, 6.45) is 0.252. The highest BCUT2D eigenvalue weighted by atomic mass is 32.2. The molecule has 0 unspecified atom stereocenters. The van der Waals surface area contributed by atoms with E-state index in [2.05, 4.69) is 18.8 Å². The average molecular weight is 488 g/mol. The van der Waals surface area contributed by atoms with Crippen molar-refractivity contribution < 1.29 is 29.2 Å². The Morgan fingerprint density at radius 2 is 1.76 bits per heavy atom. The number of ether oxygens (including phenoxy) is 3. The van der Waals surface area contributed by atoms with Crippen molar-refractivity contribution in [2.45, 2.75) is 38.6 Å². The summed E-state index contributed by atoms with van der Waals surface area (Å²) in [5.74, 6) is 1.51. The molecule has 1 aliphatic rings. The smallest absolute Gasteiger partial charge is 0.407 e. The van der Waals surface area contributed by atoms with Crippen LogP contribution in [0.15, 0.2) is 61.2 Å². The number of carbonyl (C=O) groups is 1. The number of aliphatic hydroxyl groups is 2. The minimum atomic E-state index is -0.544.